The van der Waals surface area contributed by atoms with Gasteiger partial charge in [0.15, 0.2) is 0 Å². The summed E-state index contributed by atoms with van der Waals surface area (Å²) >= 11 is 18.5. The summed E-state index contributed by atoms with van der Waals surface area (Å²) in [7, 11) is 0. The normalized spacial score (nSPS) is 21.8. The zero-order chi connectivity index (χ0) is 24.8. The highest BCUT2D eigenvalue weighted by molar-refractivity contribution is 6.42. The van der Waals surface area contributed by atoms with Gasteiger partial charge in [-0.15, -0.1) is 0 Å². The van der Waals surface area contributed by atoms with Crippen molar-refractivity contribution in [3.63, 3.8) is 0 Å². The minimum Gasteiger partial charge on any atom is -0.474 e. The number of hydrogen-bond acceptors (Lipinski definition) is 5. The van der Waals surface area contributed by atoms with E-state index in [1.165, 1.54) is 0 Å². The predicted molar refractivity (Wildman–Crippen MR) is 140 cm³/mol. The summed E-state index contributed by atoms with van der Waals surface area (Å²) < 4.78 is 11.6. The second-order valence-electron chi connectivity index (χ2n) is 9.29. The monoisotopic (exact) mass is 539 g/mol. The second-order valence-corrected chi connectivity index (χ2v) is 10.5. The van der Waals surface area contributed by atoms with E-state index in [4.69, 9.17) is 44.3 Å². The maximum atomic E-state index is 13.1. The molecule has 0 saturated carbocycles. The number of hydrogen-bond donors (Lipinski definition) is 0. The number of likely N-dealkylation sites (tertiary alicyclic amines) is 1. The number of amides is 1. The quantitative estimate of drug-likeness (QED) is 0.390. The lowest BCUT2D eigenvalue weighted by Crippen LogP contribution is -2.37. The highest BCUT2D eigenvalue weighted by Gasteiger charge is 2.40. The van der Waals surface area contributed by atoms with Crippen LogP contribution < -0.4 is 4.74 Å². The summed E-state index contributed by atoms with van der Waals surface area (Å²) in [5.74, 6) is 0.880. The summed E-state index contributed by atoms with van der Waals surface area (Å²) in [6, 6.07) is 9.24. The van der Waals surface area contributed by atoms with Crippen LogP contribution in [0.1, 0.15) is 37.7 Å². The number of nitrogens with zero attached hydrogens (tertiary/aromatic N) is 3. The minimum atomic E-state index is -0.165. The molecular formula is C26H32Cl3N3O3. The molecule has 3 atom stereocenters. The van der Waals surface area contributed by atoms with Crippen LogP contribution in [-0.2, 0) is 9.53 Å². The van der Waals surface area contributed by atoms with Crippen molar-refractivity contribution in [2.75, 3.05) is 45.9 Å². The Morgan fingerprint density at radius 3 is 2.63 bits per heavy atom. The Morgan fingerprint density at radius 2 is 1.91 bits per heavy atom. The number of rotatable bonds is 9. The average molecular weight is 541 g/mol. The SMILES string of the molecule is C[C@@H](Oc1ccc(Cl)cn1)C1CN(C(=O)CCCCN2CCOCC2)CC1c1ccc(Cl)c(Cl)c1. The first-order valence-corrected chi connectivity index (χ1v) is 13.3. The number of morpholine rings is 1. The van der Waals surface area contributed by atoms with Crippen LogP contribution in [0.5, 0.6) is 5.88 Å². The summed E-state index contributed by atoms with van der Waals surface area (Å²) in [5, 5.41) is 1.60. The summed E-state index contributed by atoms with van der Waals surface area (Å²) in [6.07, 6.45) is 3.86. The smallest absolute Gasteiger partial charge is 0.222 e. The minimum absolute atomic E-state index is 0.0852. The number of carbonyl (C=O) groups excluding carboxylic acids is 1. The maximum absolute atomic E-state index is 13.1. The van der Waals surface area contributed by atoms with Gasteiger partial charge in [-0.1, -0.05) is 40.9 Å². The Morgan fingerprint density at radius 1 is 1.11 bits per heavy atom. The van der Waals surface area contributed by atoms with Crippen LogP contribution in [0.25, 0.3) is 0 Å². The molecule has 6 nitrogen and oxygen atoms in total. The van der Waals surface area contributed by atoms with E-state index in [9.17, 15) is 4.79 Å². The van der Waals surface area contributed by atoms with Crippen LogP contribution >= 0.6 is 34.8 Å². The van der Waals surface area contributed by atoms with Crippen LogP contribution in [-0.4, -0.2) is 72.7 Å². The Balaban J connectivity index is 1.39. The van der Waals surface area contributed by atoms with Gasteiger partial charge in [0, 0.05) is 56.7 Å². The molecular weight excluding hydrogens is 509 g/mol. The molecule has 35 heavy (non-hydrogen) atoms. The third-order valence-corrected chi connectivity index (χ3v) is 7.88. The molecule has 0 spiro atoms. The van der Waals surface area contributed by atoms with Gasteiger partial charge in [0.25, 0.3) is 0 Å². The van der Waals surface area contributed by atoms with Gasteiger partial charge in [0.2, 0.25) is 11.8 Å². The number of pyridine rings is 1. The van der Waals surface area contributed by atoms with Crippen molar-refractivity contribution in [3.8, 4) is 5.88 Å². The number of ether oxygens (including phenoxy) is 2. The molecule has 2 aliphatic rings. The standard InChI is InChI=1S/C26H32Cl3N3O3/c1-18(35-25-8-6-20(27)15-30-25)21-16-32(17-22(21)19-5-7-23(28)24(29)14-19)26(33)4-2-3-9-31-10-12-34-13-11-31/h5-8,14-15,18,21-22H,2-4,9-13,16-17H2,1H3/t18-,21?,22?/m1/s1. The zero-order valence-electron chi connectivity index (χ0n) is 20.0. The van der Waals surface area contributed by atoms with E-state index in [0.717, 1.165) is 51.3 Å². The van der Waals surface area contributed by atoms with Crippen molar-refractivity contribution in [2.24, 2.45) is 5.92 Å². The lowest BCUT2D eigenvalue weighted by atomic mass is 9.86. The van der Waals surface area contributed by atoms with Crippen molar-refractivity contribution in [1.82, 2.24) is 14.8 Å². The number of benzene rings is 1. The molecule has 190 valence electrons. The van der Waals surface area contributed by atoms with Crippen molar-refractivity contribution in [1.29, 1.82) is 0 Å². The lowest BCUT2D eigenvalue weighted by Gasteiger charge is -2.26. The molecule has 0 N–H and O–H groups in total. The number of carbonyl (C=O) groups is 1. The van der Waals surface area contributed by atoms with E-state index in [1.807, 2.05) is 30.0 Å². The number of unbranched alkanes of at least 4 members (excludes halogenated alkanes) is 1. The fraction of sp³-hybridized carbons (Fsp3) is 0.538. The van der Waals surface area contributed by atoms with Gasteiger partial charge in [-0.05, 0) is 50.1 Å². The fourth-order valence-corrected chi connectivity index (χ4v) is 5.33. The third-order valence-electron chi connectivity index (χ3n) is 6.92. The van der Waals surface area contributed by atoms with Crippen LogP contribution in [0.4, 0.5) is 0 Å². The zero-order valence-corrected chi connectivity index (χ0v) is 22.2. The first-order chi connectivity index (χ1) is 16.9. The van der Waals surface area contributed by atoms with Gasteiger partial charge >= 0.3 is 0 Å². The van der Waals surface area contributed by atoms with Crippen LogP contribution in [0, 0.1) is 5.92 Å². The molecule has 2 saturated heterocycles. The van der Waals surface area contributed by atoms with Crippen LogP contribution in [0.3, 0.4) is 0 Å². The van der Waals surface area contributed by atoms with E-state index in [-0.39, 0.29) is 23.8 Å². The third kappa shape index (κ3) is 7.23. The maximum Gasteiger partial charge on any atom is 0.222 e. The average Bonchev–Trinajstić information content (AvgIpc) is 3.31. The molecule has 3 heterocycles. The van der Waals surface area contributed by atoms with Gasteiger partial charge in [-0.2, -0.15) is 0 Å². The van der Waals surface area contributed by atoms with E-state index in [0.29, 0.717) is 40.5 Å². The molecule has 0 radical (unpaired) electrons. The van der Waals surface area contributed by atoms with Gasteiger partial charge in [-0.25, -0.2) is 4.98 Å². The van der Waals surface area contributed by atoms with Gasteiger partial charge in [0.1, 0.15) is 6.10 Å². The first-order valence-electron chi connectivity index (χ1n) is 12.2. The van der Waals surface area contributed by atoms with Crippen molar-refractivity contribution in [3.05, 3.63) is 57.2 Å². The Kier molecular flexibility index (Phi) is 9.53. The molecule has 0 aliphatic carbocycles. The number of halogens is 3. The second kappa shape index (κ2) is 12.6. The largest absolute Gasteiger partial charge is 0.474 e. The lowest BCUT2D eigenvalue weighted by molar-refractivity contribution is -0.130. The molecule has 1 aromatic heterocycles. The highest BCUT2D eigenvalue weighted by Crippen LogP contribution is 2.38. The Bertz CT molecular complexity index is 986. The topological polar surface area (TPSA) is 54.9 Å². The molecule has 2 aliphatic heterocycles. The van der Waals surface area contributed by atoms with E-state index >= 15 is 0 Å². The number of aromatic nitrogens is 1. The molecule has 2 unspecified atom stereocenters. The highest BCUT2D eigenvalue weighted by atomic mass is 35.5. The van der Waals surface area contributed by atoms with E-state index < -0.39 is 0 Å². The summed E-state index contributed by atoms with van der Waals surface area (Å²) in [4.78, 5) is 21.8. The molecule has 2 fully saturated rings. The fourth-order valence-electron chi connectivity index (χ4n) is 4.91. The van der Waals surface area contributed by atoms with Crippen molar-refractivity contribution < 1.29 is 14.3 Å². The van der Waals surface area contributed by atoms with Gasteiger partial charge in [-0.3, -0.25) is 9.69 Å². The molecule has 1 amide bonds. The molecule has 2 aromatic rings. The van der Waals surface area contributed by atoms with Crippen molar-refractivity contribution in [2.45, 2.75) is 38.2 Å². The Labute approximate surface area is 222 Å². The van der Waals surface area contributed by atoms with E-state index in [2.05, 4.69) is 9.88 Å². The van der Waals surface area contributed by atoms with Crippen LogP contribution in [0.2, 0.25) is 15.1 Å². The summed E-state index contributed by atoms with van der Waals surface area (Å²) in [6.45, 7) is 7.87. The first kappa shape index (κ1) is 26.5. The molecule has 1 aromatic carbocycles. The molecule has 9 heteroatoms. The molecule has 0 bridgehead atoms. The van der Waals surface area contributed by atoms with E-state index in [1.54, 1.807) is 18.3 Å². The van der Waals surface area contributed by atoms with Gasteiger partial charge in [0.05, 0.1) is 28.3 Å². The van der Waals surface area contributed by atoms with Crippen molar-refractivity contribution >= 4 is 40.7 Å². The van der Waals surface area contributed by atoms with Gasteiger partial charge < -0.3 is 14.4 Å². The Hall–Kier alpha value is -1.57. The predicted octanol–water partition coefficient (Wildman–Crippen LogP) is 5.55. The van der Waals surface area contributed by atoms with Crippen LogP contribution in [0.15, 0.2) is 36.5 Å². The molecule has 4 rings (SSSR count). The summed E-state index contributed by atoms with van der Waals surface area (Å²) in [5.41, 5.74) is 1.06.